The molecule has 0 bridgehead atoms. The number of hydrogen-bond acceptors (Lipinski definition) is 3. The molecule has 0 aliphatic rings. The molecule has 3 heteroatoms. The Morgan fingerprint density at radius 3 is 2.45 bits per heavy atom. The largest absolute Gasteiger partial charge is 0.396 e. The Morgan fingerprint density at radius 2 is 2.09 bits per heavy atom. The van der Waals surface area contributed by atoms with Gasteiger partial charge in [-0.1, -0.05) is 20.3 Å². The van der Waals surface area contributed by atoms with Crippen molar-refractivity contribution in [1.82, 2.24) is 0 Å². The molecule has 0 fully saturated rings. The smallest absolute Gasteiger partial charge is 0.163 e. The highest BCUT2D eigenvalue weighted by atomic mass is 16.3. The van der Waals surface area contributed by atoms with E-state index in [0.29, 0.717) is 0 Å². The highest BCUT2D eigenvalue weighted by Gasteiger charge is 2.19. The average molecular weight is 160 g/mol. The number of carbonyl (C=O) groups is 1. The third-order valence-corrected chi connectivity index (χ3v) is 1.87. The molecule has 11 heavy (non-hydrogen) atoms. The Bertz CT molecular complexity index is 123. The number of hydrogen-bond donors (Lipinski definition) is 2. The van der Waals surface area contributed by atoms with E-state index in [1.807, 2.05) is 13.8 Å². The van der Waals surface area contributed by atoms with Gasteiger partial charge in [-0.05, 0) is 5.92 Å². The molecule has 0 amide bonds. The van der Waals surface area contributed by atoms with Crippen LogP contribution in [0.5, 0.6) is 0 Å². The molecule has 0 radical (unpaired) electrons. The highest BCUT2D eigenvalue weighted by molar-refractivity contribution is 5.83. The fraction of sp³-hybridized carbons (Fsp3) is 0.875. The summed E-state index contributed by atoms with van der Waals surface area (Å²) >= 11 is 0. The van der Waals surface area contributed by atoms with Crippen LogP contribution in [0, 0.1) is 5.92 Å². The molecule has 0 rings (SSSR count). The zero-order chi connectivity index (χ0) is 8.85. The molecule has 0 saturated heterocycles. The van der Waals surface area contributed by atoms with E-state index in [2.05, 4.69) is 0 Å². The van der Waals surface area contributed by atoms with Crippen LogP contribution in [-0.4, -0.2) is 28.7 Å². The van der Waals surface area contributed by atoms with Gasteiger partial charge in [0.25, 0.3) is 0 Å². The van der Waals surface area contributed by atoms with Gasteiger partial charge in [0.2, 0.25) is 0 Å². The molecule has 66 valence electrons. The van der Waals surface area contributed by atoms with Crippen molar-refractivity contribution in [3.63, 3.8) is 0 Å². The first-order chi connectivity index (χ1) is 5.13. The zero-order valence-corrected chi connectivity index (χ0v) is 7.08. The monoisotopic (exact) mass is 160 g/mol. The molecular weight excluding hydrogens is 144 g/mol. The van der Waals surface area contributed by atoms with Crippen LogP contribution in [0.2, 0.25) is 0 Å². The molecule has 0 saturated carbocycles. The lowest BCUT2D eigenvalue weighted by atomic mass is 9.97. The Labute approximate surface area is 67.0 Å². The second-order valence-corrected chi connectivity index (χ2v) is 2.77. The summed E-state index contributed by atoms with van der Waals surface area (Å²) in [5.41, 5.74) is 0. The second kappa shape index (κ2) is 5.27. The van der Waals surface area contributed by atoms with E-state index in [4.69, 9.17) is 5.11 Å². The summed E-state index contributed by atoms with van der Waals surface area (Å²) in [5.74, 6) is -0.268. The molecule has 0 heterocycles. The van der Waals surface area contributed by atoms with Crippen molar-refractivity contribution < 1.29 is 15.0 Å². The highest BCUT2D eigenvalue weighted by Crippen LogP contribution is 2.09. The fourth-order valence-electron chi connectivity index (χ4n) is 0.799. The minimum absolute atomic E-state index is 0.00551. The molecule has 0 aromatic carbocycles. The number of Topliss-reactive ketones (excluding diaryl/α,β-unsaturated/α-hetero) is 1. The Kier molecular flexibility index (Phi) is 5.07. The number of rotatable bonds is 5. The van der Waals surface area contributed by atoms with Crippen molar-refractivity contribution >= 4 is 5.78 Å². The minimum Gasteiger partial charge on any atom is -0.396 e. The number of ketones is 1. The first-order valence-corrected chi connectivity index (χ1v) is 3.95. The van der Waals surface area contributed by atoms with E-state index >= 15 is 0 Å². The molecular formula is C8H16O3. The van der Waals surface area contributed by atoms with Gasteiger partial charge in [-0.2, -0.15) is 0 Å². The maximum absolute atomic E-state index is 10.9. The van der Waals surface area contributed by atoms with E-state index in [-0.39, 0.29) is 24.7 Å². The standard InChI is InChI=1S/C8H16O3/c1-3-6(2)8(11)7(10)4-5-9/h6,8-9,11H,3-5H2,1-2H3. The van der Waals surface area contributed by atoms with Crippen LogP contribution in [0.25, 0.3) is 0 Å². The van der Waals surface area contributed by atoms with Gasteiger partial charge < -0.3 is 10.2 Å². The molecule has 2 unspecified atom stereocenters. The van der Waals surface area contributed by atoms with Crippen molar-refractivity contribution in [1.29, 1.82) is 0 Å². The summed E-state index contributed by atoms with van der Waals surface area (Å²) in [5, 5.41) is 17.7. The third kappa shape index (κ3) is 3.49. The molecule has 2 N–H and O–H groups in total. The van der Waals surface area contributed by atoms with Crippen LogP contribution in [0.4, 0.5) is 0 Å². The van der Waals surface area contributed by atoms with Crippen LogP contribution >= 0.6 is 0 Å². The van der Waals surface area contributed by atoms with E-state index in [9.17, 15) is 9.90 Å². The quantitative estimate of drug-likeness (QED) is 0.610. The average Bonchev–Trinajstić information content (AvgIpc) is 2.02. The van der Waals surface area contributed by atoms with Gasteiger partial charge in [-0.3, -0.25) is 4.79 Å². The van der Waals surface area contributed by atoms with Crippen LogP contribution in [0.15, 0.2) is 0 Å². The minimum atomic E-state index is -0.896. The van der Waals surface area contributed by atoms with Crippen molar-refractivity contribution in [2.24, 2.45) is 5.92 Å². The van der Waals surface area contributed by atoms with Gasteiger partial charge in [0, 0.05) is 6.42 Å². The van der Waals surface area contributed by atoms with Gasteiger partial charge in [-0.25, -0.2) is 0 Å². The maximum Gasteiger partial charge on any atom is 0.163 e. The van der Waals surface area contributed by atoms with Crippen molar-refractivity contribution in [2.75, 3.05) is 6.61 Å². The van der Waals surface area contributed by atoms with E-state index < -0.39 is 6.10 Å². The number of carbonyl (C=O) groups excluding carboxylic acids is 1. The lowest BCUT2D eigenvalue weighted by Gasteiger charge is -2.14. The molecule has 0 spiro atoms. The number of aliphatic hydroxyl groups excluding tert-OH is 2. The summed E-state index contributed by atoms with van der Waals surface area (Å²) < 4.78 is 0. The normalized spacial score (nSPS) is 16.0. The molecule has 0 aromatic rings. The SMILES string of the molecule is CCC(C)C(O)C(=O)CCO. The first kappa shape index (κ1) is 10.6. The summed E-state index contributed by atoms with van der Waals surface area (Å²) in [6.45, 7) is 3.56. The second-order valence-electron chi connectivity index (χ2n) is 2.77. The maximum atomic E-state index is 10.9. The third-order valence-electron chi connectivity index (χ3n) is 1.87. The Hall–Kier alpha value is -0.410. The van der Waals surface area contributed by atoms with Gasteiger partial charge in [0.15, 0.2) is 5.78 Å². The Balaban J connectivity index is 3.80. The topological polar surface area (TPSA) is 57.5 Å². The summed E-state index contributed by atoms with van der Waals surface area (Å²) in [6.07, 6.45) is -0.0590. The van der Waals surface area contributed by atoms with Gasteiger partial charge in [0.1, 0.15) is 6.10 Å². The predicted octanol–water partition coefficient (Wildman–Crippen LogP) is 0.345. The first-order valence-electron chi connectivity index (χ1n) is 3.95. The molecule has 2 atom stereocenters. The van der Waals surface area contributed by atoms with Crippen molar-refractivity contribution in [3.05, 3.63) is 0 Å². The van der Waals surface area contributed by atoms with Crippen LogP contribution in [0.1, 0.15) is 26.7 Å². The van der Waals surface area contributed by atoms with E-state index in [1.54, 1.807) is 0 Å². The van der Waals surface area contributed by atoms with Crippen LogP contribution in [-0.2, 0) is 4.79 Å². The number of aliphatic hydroxyl groups is 2. The van der Waals surface area contributed by atoms with E-state index in [1.165, 1.54) is 0 Å². The zero-order valence-electron chi connectivity index (χ0n) is 7.08. The fourth-order valence-corrected chi connectivity index (χ4v) is 0.799. The molecule has 0 aliphatic heterocycles. The van der Waals surface area contributed by atoms with Crippen LogP contribution in [0.3, 0.4) is 0 Å². The van der Waals surface area contributed by atoms with Crippen molar-refractivity contribution in [2.45, 2.75) is 32.8 Å². The van der Waals surface area contributed by atoms with Gasteiger partial charge in [0.05, 0.1) is 6.61 Å². The summed E-state index contributed by atoms with van der Waals surface area (Å²) in [4.78, 5) is 10.9. The van der Waals surface area contributed by atoms with Crippen LogP contribution < -0.4 is 0 Å². The lowest BCUT2D eigenvalue weighted by Crippen LogP contribution is -2.27. The molecule has 3 nitrogen and oxygen atoms in total. The van der Waals surface area contributed by atoms with Gasteiger partial charge in [-0.15, -0.1) is 0 Å². The predicted molar refractivity (Wildman–Crippen MR) is 42.2 cm³/mol. The van der Waals surface area contributed by atoms with E-state index in [0.717, 1.165) is 6.42 Å². The summed E-state index contributed by atoms with van der Waals surface area (Å²) in [6, 6.07) is 0. The Morgan fingerprint density at radius 1 is 1.55 bits per heavy atom. The van der Waals surface area contributed by atoms with Gasteiger partial charge >= 0.3 is 0 Å². The molecule has 0 aliphatic carbocycles. The lowest BCUT2D eigenvalue weighted by molar-refractivity contribution is -0.130. The van der Waals surface area contributed by atoms with Crippen molar-refractivity contribution in [3.8, 4) is 0 Å². The summed E-state index contributed by atoms with van der Waals surface area (Å²) in [7, 11) is 0. The molecule has 0 aromatic heterocycles.